The number of hydrogen-bond acceptors (Lipinski definition) is 2. The van der Waals surface area contributed by atoms with Gasteiger partial charge in [0, 0.05) is 24.8 Å². The maximum Gasteiger partial charge on any atom is 0.140 e. The van der Waals surface area contributed by atoms with Crippen LogP contribution in [0, 0.1) is 6.92 Å². The molecule has 1 aliphatic heterocycles. The highest BCUT2D eigenvalue weighted by atomic mass is 15.1. The number of benzene rings is 2. The van der Waals surface area contributed by atoms with Gasteiger partial charge in [0.15, 0.2) is 0 Å². The Bertz CT molecular complexity index is 830. The van der Waals surface area contributed by atoms with Crippen LogP contribution in [0.15, 0.2) is 36.4 Å². The number of rotatable bonds is 1. The average molecular weight is 277 g/mol. The van der Waals surface area contributed by atoms with E-state index in [9.17, 15) is 0 Å². The number of fused-ring (bicyclic) bond motifs is 2. The summed E-state index contributed by atoms with van der Waals surface area (Å²) < 4.78 is 2.19. The highest BCUT2D eigenvalue weighted by Crippen LogP contribution is 2.29. The van der Waals surface area contributed by atoms with Crippen LogP contribution in [0.5, 0.6) is 0 Å². The van der Waals surface area contributed by atoms with E-state index in [1.807, 2.05) is 0 Å². The van der Waals surface area contributed by atoms with Gasteiger partial charge in [-0.1, -0.05) is 6.07 Å². The quantitative estimate of drug-likeness (QED) is 0.731. The van der Waals surface area contributed by atoms with E-state index in [0.29, 0.717) is 0 Å². The summed E-state index contributed by atoms with van der Waals surface area (Å²) in [6, 6.07) is 13.1. The molecule has 0 aliphatic carbocycles. The molecule has 0 unspecified atom stereocenters. The second-order valence-electron chi connectivity index (χ2n) is 5.89. The Morgan fingerprint density at radius 3 is 2.95 bits per heavy atom. The monoisotopic (exact) mass is 277 g/mol. The topological polar surface area (TPSA) is 29.9 Å². The molecule has 1 aromatic heterocycles. The van der Waals surface area contributed by atoms with Crippen LogP contribution in [0.3, 0.4) is 0 Å². The maximum atomic E-state index is 4.83. The third kappa shape index (κ3) is 2.00. The first kappa shape index (κ1) is 12.5. The minimum atomic E-state index is 1.05. The van der Waals surface area contributed by atoms with E-state index >= 15 is 0 Å². The van der Waals surface area contributed by atoms with Crippen LogP contribution in [-0.4, -0.2) is 16.1 Å². The molecule has 3 heteroatoms. The van der Waals surface area contributed by atoms with Crippen LogP contribution >= 0.6 is 0 Å². The van der Waals surface area contributed by atoms with Crippen LogP contribution in [0.2, 0.25) is 0 Å². The van der Waals surface area contributed by atoms with Gasteiger partial charge in [-0.25, -0.2) is 4.98 Å². The average Bonchev–Trinajstić information content (AvgIpc) is 2.83. The van der Waals surface area contributed by atoms with E-state index in [4.69, 9.17) is 4.98 Å². The van der Waals surface area contributed by atoms with Crippen molar-refractivity contribution in [2.75, 3.05) is 11.9 Å². The summed E-state index contributed by atoms with van der Waals surface area (Å²) >= 11 is 0. The Hall–Kier alpha value is -2.29. The number of imidazole rings is 1. The molecular formula is C18H19N3. The molecule has 3 nitrogen and oxygen atoms in total. The summed E-state index contributed by atoms with van der Waals surface area (Å²) in [4.78, 5) is 4.83. The normalized spacial score (nSPS) is 14.0. The Morgan fingerprint density at radius 1 is 1.14 bits per heavy atom. The SMILES string of the molecule is Cc1ccc2c(c1)nc(-c1ccc3c(c1)CCCN3)n2C. The second-order valence-corrected chi connectivity index (χ2v) is 5.89. The molecule has 0 bridgehead atoms. The van der Waals surface area contributed by atoms with Crippen LogP contribution in [-0.2, 0) is 13.5 Å². The molecule has 1 aliphatic rings. The number of nitrogens with one attached hydrogen (secondary N) is 1. The molecule has 2 aromatic carbocycles. The third-order valence-corrected chi connectivity index (χ3v) is 4.34. The van der Waals surface area contributed by atoms with Gasteiger partial charge < -0.3 is 9.88 Å². The van der Waals surface area contributed by atoms with E-state index in [1.54, 1.807) is 0 Å². The molecule has 2 heterocycles. The van der Waals surface area contributed by atoms with Gasteiger partial charge >= 0.3 is 0 Å². The van der Waals surface area contributed by atoms with E-state index in [1.165, 1.54) is 34.3 Å². The van der Waals surface area contributed by atoms with Gasteiger partial charge in [0.1, 0.15) is 5.82 Å². The second kappa shape index (κ2) is 4.62. The molecule has 0 saturated heterocycles. The number of hydrogen-bond donors (Lipinski definition) is 1. The fraction of sp³-hybridized carbons (Fsp3) is 0.278. The lowest BCUT2D eigenvalue weighted by Gasteiger charge is -2.18. The van der Waals surface area contributed by atoms with Crippen molar-refractivity contribution in [1.29, 1.82) is 0 Å². The van der Waals surface area contributed by atoms with Crippen LogP contribution < -0.4 is 5.32 Å². The lowest BCUT2D eigenvalue weighted by atomic mass is 10.0. The highest BCUT2D eigenvalue weighted by Gasteiger charge is 2.13. The molecule has 0 saturated carbocycles. The minimum Gasteiger partial charge on any atom is -0.385 e. The Balaban J connectivity index is 1.88. The molecule has 106 valence electrons. The van der Waals surface area contributed by atoms with Crippen molar-refractivity contribution >= 4 is 16.7 Å². The summed E-state index contributed by atoms with van der Waals surface area (Å²) in [5, 5.41) is 3.46. The van der Waals surface area contributed by atoms with Crippen molar-refractivity contribution in [2.45, 2.75) is 19.8 Å². The molecule has 0 amide bonds. The van der Waals surface area contributed by atoms with Crippen molar-refractivity contribution < 1.29 is 0 Å². The van der Waals surface area contributed by atoms with Crippen LogP contribution in [0.4, 0.5) is 5.69 Å². The fourth-order valence-corrected chi connectivity index (χ4v) is 3.18. The standard InChI is InChI=1S/C18H19N3/c1-12-5-8-17-16(10-12)20-18(21(17)2)14-6-7-15-13(11-14)4-3-9-19-15/h5-8,10-11,19H,3-4,9H2,1-2H3. The van der Waals surface area contributed by atoms with E-state index in [0.717, 1.165) is 24.3 Å². The van der Waals surface area contributed by atoms with Crippen LogP contribution in [0.1, 0.15) is 17.5 Å². The summed E-state index contributed by atoms with van der Waals surface area (Å²) in [6.45, 7) is 3.19. The smallest absolute Gasteiger partial charge is 0.140 e. The molecule has 0 fully saturated rings. The minimum absolute atomic E-state index is 1.05. The Kier molecular flexibility index (Phi) is 2.74. The van der Waals surface area contributed by atoms with Crippen molar-refractivity contribution in [1.82, 2.24) is 9.55 Å². The molecule has 0 radical (unpaired) electrons. The van der Waals surface area contributed by atoms with Gasteiger partial charge in [-0.05, 0) is 61.2 Å². The number of aryl methyl sites for hydroxylation is 3. The first-order valence-corrected chi connectivity index (χ1v) is 7.52. The molecule has 21 heavy (non-hydrogen) atoms. The zero-order chi connectivity index (χ0) is 14.4. The summed E-state index contributed by atoms with van der Waals surface area (Å²) in [5.41, 5.74) is 7.40. The fourth-order valence-electron chi connectivity index (χ4n) is 3.18. The third-order valence-electron chi connectivity index (χ3n) is 4.34. The zero-order valence-corrected chi connectivity index (χ0v) is 12.5. The molecule has 0 atom stereocenters. The molecular weight excluding hydrogens is 258 g/mol. The maximum absolute atomic E-state index is 4.83. The van der Waals surface area contributed by atoms with Crippen molar-refractivity contribution in [3.05, 3.63) is 47.5 Å². The Labute approximate surface area is 124 Å². The van der Waals surface area contributed by atoms with Gasteiger partial charge in [0.05, 0.1) is 11.0 Å². The largest absolute Gasteiger partial charge is 0.385 e. The van der Waals surface area contributed by atoms with Crippen molar-refractivity contribution in [2.24, 2.45) is 7.05 Å². The van der Waals surface area contributed by atoms with Gasteiger partial charge in [0.25, 0.3) is 0 Å². The van der Waals surface area contributed by atoms with Gasteiger partial charge in [-0.3, -0.25) is 0 Å². The predicted molar refractivity (Wildman–Crippen MR) is 87.7 cm³/mol. The van der Waals surface area contributed by atoms with Crippen LogP contribution in [0.25, 0.3) is 22.4 Å². The zero-order valence-electron chi connectivity index (χ0n) is 12.5. The van der Waals surface area contributed by atoms with E-state index in [-0.39, 0.29) is 0 Å². The van der Waals surface area contributed by atoms with E-state index < -0.39 is 0 Å². The summed E-state index contributed by atoms with van der Waals surface area (Å²) in [7, 11) is 2.09. The molecule has 1 N–H and O–H groups in total. The molecule has 3 aromatic rings. The van der Waals surface area contributed by atoms with Crippen molar-refractivity contribution in [3.63, 3.8) is 0 Å². The highest BCUT2D eigenvalue weighted by molar-refractivity contribution is 5.81. The van der Waals surface area contributed by atoms with Gasteiger partial charge in [-0.15, -0.1) is 0 Å². The van der Waals surface area contributed by atoms with E-state index in [2.05, 4.69) is 60.3 Å². The number of nitrogens with zero attached hydrogens (tertiary/aromatic N) is 2. The summed E-state index contributed by atoms with van der Waals surface area (Å²) in [6.07, 6.45) is 2.36. The first-order chi connectivity index (χ1) is 10.2. The number of aromatic nitrogens is 2. The first-order valence-electron chi connectivity index (χ1n) is 7.52. The Morgan fingerprint density at radius 2 is 2.05 bits per heavy atom. The predicted octanol–water partition coefficient (Wildman–Crippen LogP) is 3.91. The molecule has 0 spiro atoms. The van der Waals surface area contributed by atoms with Gasteiger partial charge in [-0.2, -0.15) is 0 Å². The number of anilines is 1. The molecule has 4 rings (SSSR count). The van der Waals surface area contributed by atoms with Gasteiger partial charge in [0.2, 0.25) is 0 Å². The lowest BCUT2D eigenvalue weighted by Crippen LogP contribution is -2.11. The summed E-state index contributed by atoms with van der Waals surface area (Å²) in [5.74, 6) is 1.05. The van der Waals surface area contributed by atoms with Crippen molar-refractivity contribution in [3.8, 4) is 11.4 Å². The lowest BCUT2D eigenvalue weighted by molar-refractivity contribution is 0.830.